The maximum atomic E-state index is 12.4. The molecule has 0 bridgehead atoms. The fraction of sp³-hybridized carbons (Fsp3) is 0.500. The van der Waals surface area contributed by atoms with Crippen molar-refractivity contribution < 1.29 is 4.79 Å². The Morgan fingerprint density at radius 1 is 1.39 bits per heavy atom. The number of halogens is 2. The lowest BCUT2D eigenvalue weighted by atomic mass is 9.98. The highest BCUT2D eigenvalue weighted by molar-refractivity contribution is 6.31. The van der Waals surface area contributed by atoms with Crippen LogP contribution in [0.1, 0.15) is 28.8 Å². The molecule has 1 aromatic rings. The van der Waals surface area contributed by atoms with Gasteiger partial charge in [-0.25, -0.2) is 0 Å². The molecule has 1 aliphatic heterocycles. The molecule has 1 heterocycles. The Morgan fingerprint density at radius 2 is 2.06 bits per heavy atom. The summed E-state index contributed by atoms with van der Waals surface area (Å²) in [6.45, 7) is 3.48. The lowest BCUT2D eigenvalue weighted by Crippen LogP contribution is -2.39. The van der Waals surface area contributed by atoms with E-state index in [0.29, 0.717) is 22.4 Å². The van der Waals surface area contributed by atoms with Crippen LogP contribution < -0.4 is 0 Å². The number of piperidine rings is 1. The van der Waals surface area contributed by atoms with Crippen molar-refractivity contribution in [2.75, 3.05) is 19.0 Å². The van der Waals surface area contributed by atoms with Crippen LogP contribution in [0.2, 0.25) is 5.02 Å². The van der Waals surface area contributed by atoms with E-state index in [0.717, 1.165) is 31.5 Å². The first-order valence-electron chi connectivity index (χ1n) is 6.24. The molecule has 1 saturated heterocycles. The number of alkyl halides is 1. The van der Waals surface area contributed by atoms with Crippen LogP contribution >= 0.6 is 23.2 Å². The van der Waals surface area contributed by atoms with Gasteiger partial charge in [0.1, 0.15) is 0 Å². The van der Waals surface area contributed by atoms with Crippen molar-refractivity contribution in [2.24, 2.45) is 5.92 Å². The van der Waals surface area contributed by atoms with Crippen LogP contribution in [0.5, 0.6) is 0 Å². The van der Waals surface area contributed by atoms with Crippen LogP contribution in [0.3, 0.4) is 0 Å². The van der Waals surface area contributed by atoms with Crippen molar-refractivity contribution in [3.8, 4) is 0 Å². The second-order valence-electron chi connectivity index (χ2n) is 4.80. The number of nitrogens with zero attached hydrogens (tertiary/aromatic N) is 1. The van der Waals surface area contributed by atoms with Crippen LogP contribution in [0.25, 0.3) is 0 Å². The first-order chi connectivity index (χ1) is 8.63. The molecule has 0 spiro atoms. The van der Waals surface area contributed by atoms with Crippen molar-refractivity contribution in [3.63, 3.8) is 0 Å². The first-order valence-corrected chi connectivity index (χ1v) is 7.15. The minimum absolute atomic E-state index is 0.0861. The van der Waals surface area contributed by atoms with E-state index >= 15 is 0 Å². The quantitative estimate of drug-likeness (QED) is 0.758. The minimum atomic E-state index is 0.0861. The molecule has 98 valence electrons. The number of rotatable bonds is 2. The maximum absolute atomic E-state index is 12.4. The molecule has 4 heteroatoms. The molecule has 18 heavy (non-hydrogen) atoms. The van der Waals surface area contributed by atoms with Gasteiger partial charge in [0.2, 0.25) is 0 Å². The highest BCUT2D eigenvalue weighted by Gasteiger charge is 2.24. The average molecular weight is 286 g/mol. The minimum Gasteiger partial charge on any atom is -0.339 e. The topological polar surface area (TPSA) is 20.3 Å². The van der Waals surface area contributed by atoms with Crippen molar-refractivity contribution in [2.45, 2.75) is 19.8 Å². The predicted octanol–water partition coefficient (Wildman–Crippen LogP) is 3.74. The number of amides is 1. The molecule has 0 aliphatic carbocycles. The van der Waals surface area contributed by atoms with Gasteiger partial charge in [0.15, 0.2) is 0 Å². The lowest BCUT2D eigenvalue weighted by Gasteiger charge is -2.31. The molecule has 1 fully saturated rings. The van der Waals surface area contributed by atoms with E-state index in [2.05, 4.69) is 0 Å². The summed E-state index contributed by atoms with van der Waals surface area (Å²) in [6.07, 6.45) is 1.99. The van der Waals surface area contributed by atoms with E-state index in [-0.39, 0.29) is 5.91 Å². The SMILES string of the molecule is Cc1c(Cl)cccc1C(=O)N1CCC(CCl)CC1. The zero-order chi connectivity index (χ0) is 13.1. The Hall–Kier alpha value is -0.730. The molecule has 1 aromatic carbocycles. The van der Waals surface area contributed by atoms with Crippen molar-refractivity contribution in [1.82, 2.24) is 4.90 Å². The van der Waals surface area contributed by atoms with E-state index in [1.165, 1.54) is 0 Å². The second kappa shape index (κ2) is 5.94. The molecule has 1 amide bonds. The Kier molecular flexibility index (Phi) is 4.52. The predicted molar refractivity (Wildman–Crippen MR) is 75.5 cm³/mol. The van der Waals surface area contributed by atoms with E-state index in [1.807, 2.05) is 30.0 Å². The molecule has 2 rings (SSSR count). The largest absolute Gasteiger partial charge is 0.339 e. The highest BCUT2D eigenvalue weighted by atomic mass is 35.5. The molecule has 0 unspecified atom stereocenters. The molecular formula is C14H17Cl2NO. The molecule has 0 saturated carbocycles. The second-order valence-corrected chi connectivity index (χ2v) is 5.52. The van der Waals surface area contributed by atoms with Crippen LogP contribution in [-0.2, 0) is 0 Å². The summed E-state index contributed by atoms with van der Waals surface area (Å²) < 4.78 is 0. The van der Waals surface area contributed by atoms with Crippen molar-refractivity contribution >= 4 is 29.1 Å². The first kappa shape index (κ1) is 13.7. The van der Waals surface area contributed by atoms with Gasteiger partial charge in [-0.3, -0.25) is 4.79 Å². The van der Waals surface area contributed by atoms with Crippen molar-refractivity contribution in [3.05, 3.63) is 34.3 Å². The van der Waals surface area contributed by atoms with Crippen LogP contribution in [-0.4, -0.2) is 29.8 Å². The lowest BCUT2D eigenvalue weighted by molar-refractivity contribution is 0.0697. The molecule has 2 nitrogen and oxygen atoms in total. The van der Waals surface area contributed by atoms with Gasteiger partial charge in [0.05, 0.1) is 0 Å². The van der Waals surface area contributed by atoms with E-state index in [1.54, 1.807) is 0 Å². The number of hydrogen-bond acceptors (Lipinski definition) is 1. The number of carbonyl (C=O) groups excluding carboxylic acids is 1. The number of hydrogen-bond donors (Lipinski definition) is 0. The zero-order valence-corrected chi connectivity index (χ0v) is 12.0. The van der Waals surface area contributed by atoms with Crippen LogP contribution in [0, 0.1) is 12.8 Å². The van der Waals surface area contributed by atoms with Gasteiger partial charge in [0, 0.05) is 29.6 Å². The molecule has 0 atom stereocenters. The Labute approximate surface area is 118 Å². The average Bonchev–Trinajstić information content (AvgIpc) is 2.41. The Bertz CT molecular complexity index is 439. The third-order valence-corrected chi connectivity index (χ3v) is 4.46. The standard InChI is InChI=1S/C14H17Cl2NO/c1-10-12(3-2-4-13(10)16)14(18)17-7-5-11(9-15)6-8-17/h2-4,11H,5-9H2,1H3. The van der Waals surface area contributed by atoms with Gasteiger partial charge in [0.25, 0.3) is 5.91 Å². The normalized spacial score (nSPS) is 16.9. The summed E-state index contributed by atoms with van der Waals surface area (Å²) in [5.74, 6) is 1.33. The van der Waals surface area contributed by atoms with Crippen molar-refractivity contribution in [1.29, 1.82) is 0 Å². The van der Waals surface area contributed by atoms with Gasteiger partial charge in [-0.1, -0.05) is 17.7 Å². The highest BCUT2D eigenvalue weighted by Crippen LogP contribution is 2.23. The maximum Gasteiger partial charge on any atom is 0.254 e. The summed E-state index contributed by atoms with van der Waals surface area (Å²) in [5.41, 5.74) is 1.58. The molecule has 1 aliphatic rings. The van der Waals surface area contributed by atoms with E-state index < -0.39 is 0 Å². The summed E-state index contributed by atoms with van der Waals surface area (Å²) in [5, 5.41) is 0.650. The Morgan fingerprint density at radius 3 is 2.67 bits per heavy atom. The number of carbonyl (C=O) groups is 1. The fourth-order valence-electron chi connectivity index (χ4n) is 2.30. The van der Waals surface area contributed by atoms with Gasteiger partial charge in [-0.05, 0) is 43.4 Å². The van der Waals surface area contributed by atoms with Crippen LogP contribution in [0.4, 0.5) is 0 Å². The van der Waals surface area contributed by atoms with E-state index in [4.69, 9.17) is 23.2 Å². The van der Waals surface area contributed by atoms with Crippen LogP contribution in [0.15, 0.2) is 18.2 Å². The van der Waals surface area contributed by atoms with Gasteiger partial charge < -0.3 is 4.90 Å². The third kappa shape index (κ3) is 2.81. The third-order valence-electron chi connectivity index (χ3n) is 3.62. The monoisotopic (exact) mass is 285 g/mol. The summed E-state index contributed by atoms with van der Waals surface area (Å²) in [7, 11) is 0. The fourth-order valence-corrected chi connectivity index (χ4v) is 2.78. The zero-order valence-electron chi connectivity index (χ0n) is 10.5. The van der Waals surface area contributed by atoms with Gasteiger partial charge in [-0.2, -0.15) is 0 Å². The smallest absolute Gasteiger partial charge is 0.254 e. The number of likely N-dealkylation sites (tertiary alicyclic amines) is 1. The Balaban J connectivity index is 2.10. The summed E-state index contributed by atoms with van der Waals surface area (Å²) >= 11 is 11.9. The molecule has 0 aromatic heterocycles. The molecular weight excluding hydrogens is 269 g/mol. The summed E-state index contributed by atoms with van der Waals surface area (Å²) in [6, 6.07) is 5.48. The molecule has 0 radical (unpaired) electrons. The summed E-state index contributed by atoms with van der Waals surface area (Å²) in [4.78, 5) is 14.3. The van der Waals surface area contributed by atoms with E-state index in [9.17, 15) is 4.79 Å². The molecule has 0 N–H and O–H groups in total. The van der Waals surface area contributed by atoms with Gasteiger partial charge in [-0.15, -0.1) is 11.6 Å². The van der Waals surface area contributed by atoms with Gasteiger partial charge >= 0.3 is 0 Å². The number of benzene rings is 1.